The lowest BCUT2D eigenvalue weighted by atomic mass is 10.4. The van der Waals surface area contributed by atoms with E-state index in [0.717, 1.165) is 24.0 Å². The lowest BCUT2D eigenvalue weighted by Gasteiger charge is -2.03. The second kappa shape index (κ2) is 7.90. The fourth-order valence-electron chi connectivity index (χ4n) is 1.73. The van der Waals surface area contributed by atoms with Crippen LogP contribution in [0.3, 0.4) is 0 Å². The van der Waals surface area contributed by atoms with Crippen molar-refractivity contribution in [3.8, 4) is 0 Å². The van der Waals surface area contributed by atoms with Gasteiger partial charge < -0.3 is 19.6 Å². The molecular weight excluding hydrogens is 288 g/mol. The third-order valence-electron chi connectivity index (χ3n) is 2.84. The van der Waals surface area contributed by atoms with Crippen molar-refractivity contribution < 1.29 is 9.21 Å². The number of carbonyl (C=O) groups excluding carboxylic acids is 1. The predicted octanol–water partition coefficient (Wildman–Crippen LogP) is 1.64. The van der Waals surface area contributed by atoms with Crippen molar-refractivity contribution in [1.82, 2.24) is 20.2 Å². The summed E-state index contributed by atoms with van der Waals surface area (Å²) in [5, 5.41) is 6.87. The van der Waals surface area contributed by atoms with Crippen molar-refractivity contribution in [2.45, 2.75) is 17.8 Å². The van der Waals surface area contributed by atoms with Crippen molar-refractivity contribution >= 4 is 17.7 Å². The minimum absolute atomic E-state index is 0.179. The van der Waals surface area contributed by atoms with Crippen LogP contribution in [0, 0.1) is 0 Å². The molecule has 0 bridgehead atoms. The molecule has 7 heteroatoms. The van der Waals surface area contributed by atoms with Crippen LogP contribution in [0.5, 0.6) is 0 Å². The maximum atomic E-state index is 11.9. The van der Waals surface area contributed by atoms with Gasteiger partial charge in [0.15, 0.2) is 10.9 Å². The molecule has 114 valence electrons. The summed E-state index contributed by atoms with van der Waals surface area (Å²) in [5.74, 6) is 1.58. The first-order valence-corrected chi connectivity index (χ1v) is 7.87. The van der Waals surface area contributed by atoms with Gasteiger partial charge in [-0.25, -0.2) is 4.98 Å². The fraction of sp³-hybridized carbons (Fsp3) is 0.429. The number of hydrogen-bond acceptors (Lipinski definition) is 5. The topological polar surface area (TPSA) is 72.1 Å². The molecule has 0 radical (unpaired) electrons. The monoisotopic (exact) mass is 308 g/mol. The molecule has 0 aliphatic heterocycles. The van der Waals surface area contributed by atoms with Gasteiger partial charge in [-0.15, -0.1) is 0 Å². The maximum absolute atomic E-state index is 11.9. The van der Waals surface area contributed by atoms with Gasteiger partial charge in [0.25, 0.3) is 5.91 Å². The van der Waals surface area contributed by atoms with E-state index in [2.05, 4.69) is 15.6 Å². The molecule has 2 N–H and O–H groups in total. The van der Waals surface area contributed by atoms with Crippen LogP contribution < -0.4 is 10.6 Å². The normalized spacial score (nSPS) is 10.8. The van der Waals surface area contributed by atoms with E-state index in [9.17, 15) is 4.79 Å². The molecule has 0 atom stereocenters. The van der Waals surface area contributed by atoms with E-state index in [1.54, 1.807) is 24.0 Å². The molecule has 0 aromatic carbocycles. The van der Waals surface area contributed by atoms with Gasteiger partial charge in [0, 0.05) is 32.5 Å². The van der Waals surface area contributed by atoms with Crippen molar-refractivity contribution in [1.29, 1.82) is 0 Å². The number of rotatable bonds is 8. The standard InChI is InChI=1S/C14H20N4O2S/c1-3-15-6-7-16-13(19)12-5-4-11(20-12)10-21-14-17-8-9-18(14)2/h4-5,8-9,15H,3,6-7,10H2,1-2H3,(H,16,19). The Morgan fingerprint density at radius 2 is 2.29 bits per heavy atom. The Bertz CT molecular complexity index is 579. The third-order valence-corrected chi connectivity index (χ3v) is 3.92. The average Bonchev–Trinajstić information content (AvgIpc) is 3.10. The Hall–Kier alpha value is -1.73. The van der Waals surface area contributed by atoms with Crippen molar-refractivity contribution in [3.63, 3.8) is 0 Å². The van der Waals surface area contributed by atoms with Gasteiger partial charge in [0.1, 0.15) is 5.76 Å². The fourth-order valence-corrected chi connectivity index (χ4v) is 2.56. The smallest absolute Gasteiger partial charge is 0.287 e. The summed E-state index contributed by atoms with van der Waals surface area (Å²) in [5.41, 5.74) is 0. The third kappa shape index (κ3) is 4.64. The number of aryl methyl sites for hydroxylation is 1. The highest BCUT2D eigenvalue weighted by atomic mass is 32.2. The second-order valence-electron chi connectivity index (χ2n) is 4.48. The van der Waals surface area contributed by atoms with Gasteiger partial charge in [-0.1, -0.05) is 18.7 Å². The Kier molecular flexibility index (Phi) is 5.89. The van der Waals surface area contributed by atoms with Gasteiger partial charge in [0.05, 0.1) is 5.75 Å². The van der Waals surface area contributed by atoms with Gasteiger partial charge in [0.2, 0.25) is 0 Å². The zero-order valence-electron chi connectivity index (χ0n) is 12.3. The van der Waals surface area contributed by atoms with Crippen LogP contribution >= 0.6 is 11.8 Å². The Morgan fingerprint density at radius 1 is 1.43 bits per heavy atom. The van der Waals surface area contributed by atoms with Crippen molar-refractivity contribution in [2.75, 3.05) is 19.6 Å². The molecule has 0 saturated heterocycles. The molecule has 2 aromatic rings. The number of nitrogens with zero attached hydrogens (tertiary/aromatic N) is 2. The summed E-state index contributed by atoms with van der Waals surface area (Å²) in [6.45, 7) is 4.26. The van der Waals surface area contributed by atoms with E-state index in [1.165, 1.54) is 0 Å². The SMILES string of the molecule is CCNCCNC(=O)c1ccc(CSc2nccn2C)o1. The molecule has 2 rings (SSSR count). The highest BCUT2D eigenvalue weighted by Crippen LogP contribution is 2.21. The van der Waals surface area contributed by atoms with Crippen molar-refractivity contribution in [3.05, 3.63) is 36.0 Å². The number of hydrogen-bond donors (Lipinski definition) is 2. The molecule has 21 heavy (non-hydrogen) atoms. The second-order valence-corrected chi connectivity index (χ2v) is 5.43. The molecule has 0 saturated carbocycles. The number of furan rings is 1. The minimum Gasteiger partial charge on any atom is -0.455 e. The van der Waals surface area contributed by atoms with Crippen LogP contribution in [-0.2, 0) is 12.8 Å². The summed E-state index contributed by atoms with van der Waals surface area (Å²) < 4.78 is 7.50. The van der Waals surface area contributed by atoms with Gasteiger partial charge in [-0.05, 0) is 18.7 Å². The van der Waals surface area contributed by atoms with Crippen LogP contribution in [0.2, 0.25) is 0 Å². The molecule has 0 aliphatic rings. The molecule has 0 fully saturated rings. The first-order valence-electron chi connectivity index (χ1n) is 6.88. The Labute approximate surface area is 128 Å². The first kappa shape index (κ1) is 15.7. The molecule has 1 amide bonds. The van der Waals surface area contributed by atoms with E-state index in [4.69, 9.17) is 4.42 Å². The van der Waals surface area contributed by atoms with E-state index in [1.807, 2.05) is 30.8 Å². The molecule has 0 unspecified atom stereocenters. The summed E-state index contributed by atoms with van der Waals surface area (Å²) in [4.78, 5) is 16.1. The van der Waals surface area contributed by atoms with E-state index >= 15 is 0 Å². The van der Waals surface area contributed by atoms with Crippen LogP contribution in [0.1, 0.15) is 23.2 Å². The van der Waals surface area contributed by atoms with Gasteiger partial charge in [-0.2, -0.15) is 0 Å². The molecule has 6 nitrogen and oxygen atoms in total. The zero-order chi connectivity index (χ0) is 15.1. The zero-order valence-corrected chi connectivity index (χ0v) is 13.1. The number of thioether (sulfide) groups is 1. The molecular formula is C14H20N4O2S. The highest BCUT2D eigenvalue weighted by molar-refractivity contribution is 7.98. The maximum Gasteiger partial charge on any atom is 0.287 e. The van der Waals surface area contributed by atoms with E-state index in [-0.39, 0.29) is 5.91 Å². The number of aromatic nitrogens is 2. The van der Waals surface area contributed by atoms with Crippen LogP contribution in [0.25, 0.3) is 0 Å². The first-order chi connectivity index (χ1) is 10.2. The highest BCUT2D eigenvalue weighted by Gasteiger charge is 2.11. The van der Waals surface area contributed by atoms with Gasteiger partial charge >= 0.3 is 0 Å². The number of amides is 1. The molecule has 0 spiro atoms. The van der Waals surface area contributed by atoms with Crippen molar-refractivity contribution in [2.24, 2.45) is 7.05 Å². The quantitative estimate of drug-likeness (QED) is 0.573. The molecule has 0 aliphatic carbocycles. The summed E-state index contributed by atoms with van der Waals surface area (Å²) in [6, 6.07) is 3.53. The molecule has 2 aromatic heterocycles. The number of nitrogens with one attached hydrogen (secondary N) is 2. The average molecular weight is 308 g/mol. The Balaban J connectivity index is 1.80. The molecule has 2 heterocycles. The number of carbonyl (C=O) groups is 1. The van der Waals surface area contributed by atoms with E-state index in [0.29, 0.717) is 18.1 Å². The van der Waals surface area contributed by atoms with Crippen LogP contribution in [0.4, 0.5) is 0 Å². The number of likely N-dealkylation sites (N-methyl/N-ethyl adjacent to an activating group) is 1. The van der Waals surface area contributed by atoms with E-state index < -0.39 is 0 Å². The summed E-state index contributed by atoms with van der Waals surface area (Å²) in [6.07, 6.45) is 3.65. The minimum atomic E-state index is -0.179. The van der Waals surface area contributed by atoms with Gasteiger partial charge in [-0.3, -0.25) is 4.79 Å². The Morgan fingerprint density at radius 3 is 3.00 bits per heavy atom. The summed E-state index contributed by atoms with van der Waals surface area (Å²) >= 11 is 1.57. The lowest BCUT2D eigenvalue weighted by molar-refractivity contribution is 0.0925. The predicted molar refractivity (Wildman–Crippen MR) is 82.4 cm³/mol. The summed E-state index contributed by atoms with van der Waals surface area (Å²) in [7, 11) is 1.95. The number of imidazole rings is 1. The van der Waals surface area contributed by atoms with Crippen LogP contribution in [-0.4, -0.2) is 35.1 Å². The van der Waals surface area contributed by atoms with Crippen LogP contribution in [0.15, 0.2) is 34.1 Å². The largest absolute Gasteiger partial charge is 0.455 e. The lowest BCUT2D eigenvalue weighted by Crippen LogP contribution is -2.31.